The van der Waals surface area contributed by atoms with E-state index in [4.69, 9.17) is 11.6 Å². The third-order valence-corrected chi connectivity index (χ3v) is 6.16. The van der Waals surface area contributed by atoms with Crippen molar-refractivity contribution in [2.45, 2.75) is 18.8 Å². The summed E-state index contributed by atoms with van der Waals surface area (Å²) in [6, 6.07) is 14.7. The fourth-order valence-corrected chi connectivity index (χ4v) is 4.41. The molecule has 1 N–H and O–H groups in total. The minimum absolute atomic E-state index is 0.0716. The Kier molecular flexibility index (Phi) is 5.15. The number of aliphatic carboxylic acids is 1. The van der Waals surface area contributed by atoms with Gasteiger partial charge in [-0.1, -0.05) is 41.9 Å². The van der Waals surface area contributed by atoms with E-state index in [0.717, 1.165) is 15.4 Å². The highest BCUT2D eigenvalue weighted by molar-refractivity contribution is 7.15. The van der Waals surface area contributed by atoms with Gasteiger partial charge in [0.2, 0.25) is 5.91 Å². The number of carboxylic acid groups (broad SMARTS) is 1. The Morgan fingerprint density at radius 3 is 2.68 bits per heavy atom. The molecular weight excluding hydrogens is 396 g/mol. The molecule has 2 aromatic carbocycles. The Labute approximate surface area is 171 Å². The van der Waals surface area contributed by atoms with E-state index in [-0.39, 0.29) is 12.5 Å². The molecule has 1 aliphatic rings. The topological polar surface area (TPSA) is 70.5 Å². The number of aryl methyl sites for hydroxylation is 1. The molecular formula is C21H17ClN2O3S. The van der Waals surface area contributed by atoms with Crippen molar-refractivity contribution >= 4 is 40.5 Å². The van der Waals surface area contributed by atoms with Crippen LogP contribution < -0.4 is 4.90 Å². The number of carboxylic acids is 1. The van der Waals surface area contributed by atoms with Crippen molar-refractivity contribution in [1.82, 2.24) is 4.98 Å². The number of hydrogen-bond acceptors (Lipinski definition) is 4. The van der Waals surface area contributed by atoms with Gasteiger partial charge in [-0.3, -0.25) is 9.59 Å². The molecule has 0 saturated carbocycles. The number of para-hydroxylation sites is 1. The first-order valence-electron chi connectivity index (χ1n) is 8.85. The second-order valence-corrected chi connectivity index (χ2v) is 8.14. The largest absolute Gasteiger partial charge is 0.481 e. The number of amides is 1. The Morgan fingerprint density at radius 2 is 1.93 bits per heavy atom. The summed E-state index contributed by atoms with van der Waals surface area (Å²) < 4.78 is 0. The zero-order chi connectivity index (χ0) is 19.7. The zero-order valence-corrected chi connectivity index (χ0v) is 16.4. The van der Waals surface area contributed by atoms with Crippen LogP contribution in [0.15, 0.2) is 54.7 Å². The molecule has 7 heteroatoms. The lowest BCUT2D eigenvalue weighted by Gasteiger charge is -2.17. The van der Waals surface area contributed by atoms with Gasteiger partial charge in [-0.05, 0) is 30.2 Å². The standard InChI is InChI=1S/C21H17ClN2O3S/c22-14-7-5-13(6-8-14)20-23-11-15(28-20)9-10-19(25)24-12-17(21(26)27)16-3-1-2-4-18(16)24/h1-8,11,17H,9-10,12H2,(H,26,27). The number of carbonyl (C=O) groups excluding carboxylic acids is 1. The molecule has 4 rings (SSSR count). The number of halogens is 1. The first-order chi connectivity index (χ1) is 13.5. The molecule has 0 aliphatic carbocycles. The second kappa shape index (κ2) is 7.73. The molecule has 0 saturated heterocycles. The molecule has 1 aliphatic heterocycles. The van der Waals surface area contributed by atoms with Crippen LogP contribution in [0.2, 0.25) is 5.02 Å². The third-order valence-electron chi connectivity index (χ3n) is 4.80. The number of benzene rings is 2. The van der Waals surface area contributed by atoms with E-state index in [1.54, 1.807) is 34.6 Å². The number of fused-ring (bicyclic) bond motifs is 1. The predicted molar refractivity (Wildman–Crippen MR) is 110 cm³/mol. The SMILES string of the molecule is O=C(O)C1CN(C(=O)CCc2cnc(-c3ccc(Cl)cc3)s2)c2ccccc21. The van der Waals surface area contributed by atoms with Gasteiger partial charge in [-0.15, -0.1) is 11.3 Å². The van der Waals surface area contributed by atoms with Crippen molar-refractivity contribution < 1.29 is 14.7 Å². The van der Waals surface area contributed by atoms with Crippen LogP contribution >= 0.6 is 22.9 Å². The van der Waals surface area contributed by atoms with E-state index in [1.807, 2.05) is 36.4 Å². The van der Waals surface area contributed by atoms with Crippen LogP contribution in [0.4, 0.5) is 5.69 Å². The van der Waals surface area contributed by atoms with Crippen molar-refractivity contribution in [2.75, 3.05) is 11.4 Å². The number of rotatable bonds is 5. The second-order valence-electron chi connectivity index (χ2n) is 6.59. The highest BCUT2D eigenvalue weighted by atomic mass is 35.5. The van der Waals surface area contributed by atoms with Gasteiger partial charge in [0.25, 0.3) is 0 Å². The average Bonchev–Trinajstić information content (AvgIpc) is 3.32. The summed E-state index contributed by atoms with van der Waals surface area (Å²) in [7, 11) is 0. The number of nitrogens with zero attached hydrogens (tertiary/aromatic N) is 2. The summed E-state index contributed by atoms with van der Waals surface area (Å²) in [4.78, 5) is 31.3. The summed E-state index contributed by atoms with van der Waals surface area (Å²) in [5.74, 6) is -1.64. The van der Waals surface area contributed by atoms with Crippen molar-refractivity contribution in [1.29, 1.82) is 0 Å². The smallest absolute Gasteiger partial charge is 0.312 e. The molecule has 5 nitrogen and oxygen atoms in total. The lowest BCUT2D eigenvalue weighted by atomic mass is 10.0. The Bertz CT molecular complexity index is 1030. The normalized spacial score (nSPS) is 15.5. The van der Waals surface area contributed by atoms with E-state index in [0.29, 0.717) is 29.1 Å². The molecule has 1 unspecified atom stereocenters. The minimum Gasteiger partial charge on any atom is -0.481 e. The number of aromatic nitrogens is 1. The maximum Gasteiger partial charge on any atom is 0.312 e. The maximum atomic E-state index is 12.8. The van der Waals surface area contributed by atoms with Gasteiger partial charge in [0, 0.05) is 40.3 Å². The molecule has 1 atom stereocenters. The highest BCUT2D eigenvalue weighted by Gasteiger charge is 2.35. The van der Waals surface area contributed by atoms with Crippen molar-refractivity contribution in [3.8, 4) is 10.6 Å². The van der Waals surface area contributed by atoms with Crippen molar-refractivity contribution in [3.63, 3.8) is 0 Å². The summed E-state index contributed by atoms with van der Waals surface area (Å²) >= 11 is 7.47. The summed E-state index contributed by atoms with van der Waals surface area (Å²) in [5.41, 5.74) is 2.39. The van der Waals surface area contributed by atoms with E-state index in [1.165, 1.54) is 0 Å². The van der Waals surface area contributed by atoms with Gasteiger partial charge in [0.05, 0.1) is 0 Å². The molecule has 0 fully saturated rings. The van der Waals surface area contributed by atoms with Crippen LogP contribution in [-0.2, 0) is 16.0 Å². The van der Waals surface area contributed by atoms with Gasteiger partial charge in [0.1, 0.15) is 10.9 Å². The van der Waals surface area contributed by atoms with Gasteiger partial charge < -0.3 is 10.0 Å². The van der Waals surface area contributed by atoms with Gasteiger partial charge in [0.15, 0.2) is 0 Å². The summed E-state index contributed by atoms with van der Waals surface area (Å²) in [5, 5.41) is 11.0. The predicted octanol–water partition coefficient (Wildman–Crippen LogP) is 4.61. The number of hydrogen-bond donors (Lipinski definition) is 1. The van der Waals surface area contributed by atoms with Gasteiger partial charge >= 0.3 is 5.97 Å². The monoisotopic (exact) mass is 412 g/mol. The lowest BCUT2D eigenvalue weighted by molar-refractivity contribution is -0.138. The van der Waals surface area contributed by atoms with E-state index in [9.17, 15) is 14.7 Å². The van der Waals surface area contributed by atoms with Crippen LogP contribution in [0.5, 0.6) is 0 Å². The van der Waals surface area contributed by atoms with E-state index < -0.39 is 11.9 Å². The van der Waals surface area contributed by atoms with Crippen LogP contribution in [0, 0.1) is 0 Å². The van der Waals surface area contributed by atoms with Crippen LogP contribution in [0.3, 0.4) is 0 Å². The fourth-order valence-electron chi connectivity index (χ4n) is 3.37. The average molecular weight is 413 g/mol. The molecule has 28 heavy (non-hydrogen) atoms. The highest BCUT2D eigenvalue weighted by Crippen LogP contribution is 2.37. The molecule has 0 bridgehead atoms. The van der Waals surface area contributed by atoms with E-state index >= 15 is 0 Å². The van der Waals surface area contributed by atoms with Gasteiger partial charge in [-0.25, -0.2) is 4.98 Å². The lowest BCUT2D eigenvalue weighted by Crippen LogP contribution is -2.31. The molecule has 2 heterocycles. The zero-order valence-electron chi connectivity index (χ0n) is 14.8. The molecule has 142 valence electrons. The molecule has 1 amide bonds. The van der Waals surface area contributed by atoms with Gasteiger partial charge in [-0.2, -0.15) is 0 Å². The van der Waals surface area contributed by atoms with Crippen LogP contribution in [-0.4, -0.2) is 28.5 Å². The van der Waals surface area contributed by atoms with Crippen LogP contribution in [0.25, 0.3) is 10.6 Å². The molecule has 0 radical (unpaired) electrons. The number of anilines is 1. The Hall–Kier alpha value is -2.70. The first kappa shape index (κ1) is 18.7. The summed E-state index contributed by atoms with van der Waals surface area (Å²) in [6.45, 7) is 0.187. The molecule has 0 spiro atoms. The van der Waals surface area contributed by atoms with Crippen molar-refractivity contribution in [3.05, 3.63) is 70.2 Å². The molecule has 1 aromatic heterocycles. The fraction of sp³-hybridized carbons (Fsp3) is 0.190. The number of carbonyl (C=O) groups is 2. The quantitative estimate of drug-likeness (QED) is 0.664. The Morgan fingerprint density at radius 1 is 1.18 bits per heavy atom. The molecule has 3 aromatic rings. The van der Waals surface area contributed by atoms with Crippen LogP contribution in [0.1, 0.15) is 22.8 Å². The first-order valence-corrected chi connectivity index (χ1v) is 10.0. The minimum atomic E-state index is -0.905. The Balaban J connectivity index is 1.44. The third kappa shape index (κ3) is 3.66. The van der Waals surface area contributed by atoms with Crippen molar-refractivity contribution in [2.24, 2.45) is 0 Å². The maximum absolute atomic E-state index is 12.8. The van der Waals surface area contributed by atoms with E-state index in [2.05, 4.69) is 4.98 Å². The number of thiazole rings is 1. The summed E-state index contributed by atoms with van der Waals surface area (Å²) in [6.07, 6.45) is 2.67.